The van der Waals surface area contributed by atoms with E-state index in [9.17, 15) is 13.2 Å². The number of anilines is 4. The Morgan fingerprint density at radius 1 is 0.774 bits per heavy atom. The van der Waals surface area contributed by atoms with E-state index in [-0.39, 0.29) is 15.7 Å². The zero-order chi connectivity index (χ0) is 22.5. The van der Waals surface area contributed by atoms with Crippen molar-refractivity contribution < 1.29 is 17.9 Å². The van der Waals surface area contributed by atoms with Crippen molar-refractivity contribution in [3.63, 3.8) is 0 Å². The maximum Gasteiger partial charge on any atom is 0.148 e. The number of rotatable bonds is 8. The van der Waals surface area contributed by atoms with Gasteiger partial charge in [-0.3, -0.25) is 0 Å². The van der Waals surface area contributed by atoms with Crippen molar-refractivity contribution in [3.05, 3.63) is 76.0 Å². The highest BCUT2D eigenvalue weighted by Gasteiger charge is 2.15. The zero-order valence-electron chi connectivity index (χ0n) is 16.8. The number of likely N-dealkylation sites (N-methyl/N-ethyl adjacent to an activating group) is 1. The Bertz CT molecular complexity index is 1080. The molecule has 0 saturated carbocycles. The van der Waals surface area contributed by atoms with Gasteiger partial charge in [-0.2, -0.15) is 0 Å². The van der Waals surface area contributed by atoms with Crippen molar-refractivity contribution >= 4 is 46.0 Å². The van der Waals surface area contributed by atoms with E-state index >= 15 is 0 Å². The van der Waals surface area contributed by atoms with Crippen molar-refractivity contribution in [1.29, 1.82) is 0 Å². The van der Waals surface area contributed by atoms with Gasteiger partial charge in [-0.15, -0.1) is 0 Å². The minimum atomic E-state index is -0.610. The van der Waals surface area contributed by atoms with Crippen LogP contribution >= 0.6 is 23.2 Å². The normalized spacial score (nSPS) is 11.0. The molecule has 3 aromatic carbocycles. The average Bonchev–Trinajstić information content (AvgIpc) is 2.68. The van der Waals surface area contributed by atoms with Crippen LogP contribution in [0.15, 0.2) is 48.5 Å². The first-order valence-corrected chi connectivity index (χ1v) is 10.0. The van der Waals surface area contributed by atoms with Gasteiger partial charge in [-0.25, -0.2) is 13.2 Å². The Balaban J connectivity index is 1.94. The van der Waals surface area contributed by atoms with E-state index in [1.165, 1.54) is 36.4 Å². The maximum atomic E-state index is 14.9. The Labute approximate surface area is 188 Å². The topological polar surface area (TPSA) is 36.5 Å². The Morgan fingerprint density at radius 3 is 1.84 bits per heavy atom. The summed E-state index contributed by atoms with van der Waals surface area (Å²) < 4.78 is 47.4. The monoisotopic (exact) mass is 469 g/mol. The summed E-state index contributed by atoms with van der Waals surface area (Å²) in [6, 6.07) is 10.3. The molecule has 9 heteroatoms. The second-order valence-corrected chi connectivity index (χ2v) is 7.79. The predicted molar refractivity (Wildman–Crippen MR) is 120 cm³/mol. The van der Waals surface area contributed by atoms with Crippen molar-refractivity contribution in [3.8, 4) is 5.75 Å². The number of hydrogen-bond donors (Lipinski definition) is 2. The highest BCUT2D eigenvalue weighted by atomic mass is 35.5. The first-order valence-electron chi connectivity index (χ1n) is 9.28. The fourth-order valence-electron chi connectivity index (χ4n) is 2.68. The molecule has 0 aromatic heterocycles. The number of ether oxygens (including phenoxy) is 1. The molecule has 0 radical (unpaired) electrons. The van der Waals surface area contributed by atoms with Crippen LogP contribution in [0.5, 0.6) is 5.75 Å². The number of halogens is 5. The Kier molecular flexibility index (Phi) is 7.54. The second-order valence-electron chi connectivity index (χ2n) is 6.98. The number of nitrogens with zero attached hydrogens (tertiary/aromatic N) is 1. The van der Waals surface area contributed by atoms with Gasteiger partial charge < -0.3 is 20.3 Å². The minimum absolute atomic E-state index is 0.0871. The quantitative estimate of drug-likeness (QED) is 0.378. The van der Waals surface area contributed by atoms with Crippen LogP contribution in [-0.2, 0) is 0 Å². The first-order chi connectivity index (χ1) is 14.7. The van der Waals surface area contributed by atoms with Gasteiger partial charge in [0.15, 0.2) is 0 Å². The summed E-state index contributed by atoms with van der Waals surface area (Å²) in [7, 11) is 3.80. The molecule has 0 unspecified atom stereocenters. The summed E-state index contributed by atoms with van der Waals surface area (Å²) in [5, 5.41) is 6.07. The van der Waals surface area contributed by atoms with Gasteiger partial charge in [0.2, 0.25) is 0 Å². The molecular weight excluding hydrogens is 450 g/mol. The SMILES string of the molecule is CN(C)CCOc1cc(Nc2ccc(F)cc2Cl)c(F)cc1Nc1ccc(F)cc1Cl. The van der Waals surface area contributed by atoms with Crippen molar-refractivity contribution in [2.75, 3.05) is 37.9 Å². The van der Waals surface area contributed by atoms with E-state index in [1.54, 1.807) is 0 Å². The highest BCUT2D eigenvalue weighted by Crippen LogP contribution is 2.37. The van der Waals surface area contributed by atoms with Crippen LogP contribution in [0.25, 0.3) is 0 Å². The Morgan fingerprint density at radius 2 is 1.32 bits per heavy atom. The van der Waals surface area contributed by atoms with E-state index in [0.29, 0.717) is 36.0 Å². The number of benzene rings is 3. The van der Waals surface area contributed by atoms with Crippen LogP contribution in [0.4, 0.5) is 35.9 Å². The third kappa shape index (κ3) is 6.19. The third-order valence-corrected chi connectivity index (χ3v) is 4.89. The van der Waals surface area contributed by atoms with Gasteiger partial charge in [-0.05, 0) is 50.5 Å². The molecule has 0 atom stereocenters. The summed E-state index contributed by atoms with van der Waals surface area (Å²) >= 11 is 12.1. The first kappa shape index (κ1) is 23.1. The molecule has 0 aliphatic carbocycles. The van der Waals surface area contributed by atoms with Gasteiger partial charge in [-0.1, -0.05) is 23.2 Å². The maximum absolute atomic E-state index is 14.9. The van der Waals surface area contributed by atoms with Crippen molar-refractivity contribution in [2.24, 2.45) is 0 Å². The van der Waals surface area contributed by atoms with E-state index < -0.39 is 17.5 Å². The lowest BCUT2D eigenvalue weighted by Gasteiger charge is -2.18. The zero-order valence-corrected chi connectivity index (χ0v) is 18.3. The fourth-order valence-corrected chi connectivity index (χ4v) is 3.11. The van der Waals surface area contributed by atoms with Gasteiger partial charge in [0.1, 0.15) is 29.8 Å². The molecule has 3 rings (SSSR count). The minimum Gasteiger partial charge on any atom is -0.490 e. The standard InChI is InChI=1S/C22H20Cl2F3N3O/c1-30(2)7-8-31-22-12-20(28-18-5-3-13(25)9-15(18)23)17(27)11-21(22)29-19-6-4-14(26)10-16(19)24/h3-6,9-12,28-29H,7-8H2,1-2H3. The lowest BCUT2D eigenvalue weighted by molar-refractivity contribution is 0.262. The molecule has 0 heterocycles. The average molecular weight is 470 g/mol. The van der Waals surface area contributed by atoms with Gasteiger partial charge in [0, 0.05) is 18.7 Å². The summed E-state index contributed by atoms with van der Waals surface area (Å²) in [4.78, 5) is 1.94. The van der Waals surface area contributed by atoms with Crippen LogP contribution in [0.1, 0.15) is 0 Å². The summed E-state index contributed by atoms with van der Waals surface area (Å²) in [5.74, 6) is -1.26. The molecule has 0 fully saturated rings. The second kappa shape index (κ2) is 10.1. The molecule has 0 aliphatic rings. The lowest BCUT2D eigenvalue weighted by atomic mass is 10.2. The van der Waals surface area contributed by atoms with E-state index in [1.807, 2.05) is 19.0 Å². The molecule has 0 aliphatic heterocycles. The van der Waals surface area contributed by atoms with Crippen LogP contribution in [-0.4, -0.2) is 32.1 Å². The third-order valence-electron chi connectivity index (χ3n) is 4.27. The molecule has 0 spiro atoms. The van der Waals surface area contributed by atoms with Crippen LogP contribution in [0.2, 0.25) is 10.0 Å². The summed E-state index contributed by atoms with van der Waals surface area (Å²) in [6.45, 7) is 0.960. The lowest BCUT2D eigenvalue weighted by Crippen LogP contribution is -2.19. The molecule has 0 bridgehead atoms. The molecule has 31 heavy (non-hydrogen) atoms. The van der Waals surface area contributed by atoms with E-state index in [0.717, 1.165) is 12.1 Å². The summed E-state index contributed by atoms with van der Waals surface area (Å²) in [5.41, 5.74) is 1.12. The number of nitrogens with one attached hydrogen (secondary N) is 2. The smallest absolute Gasteiger partial charge is 0.148 e. The van der Waals surface area contributed by atoms with E-state index in [2.05, 4.69) is 10.6 Å². The summed E-state index contributed by atoms with van der Waals surface area (Å²) in [6.07, 6.45) is 0. The van der Waals surface area contributed by atoms with Crippen LogP contribution in [0, 0.1) is 17.5 Å². The van der Waals surface area contributed by atoms with E-state index in [4.69, 9.17) is 27.9 Å². The fraction of sp³-hybridized carbons (Fsp3) is 0.182. The van der Waals surface area contributed by atoms with Gasteiger partial charge in [0.25, 0.3) is 0 Å². The molecule has 0 saturated heterocycles. The van der Waals surface area contributed by atoms with Gasteiger partial charge >= 0.3 is 0 Å². The van der Waals surface area contributed by atoms with Gasteiger partial charge in [0.05, 0.1) is 32.8 Å². The molecule has 2 N–H and O–H groups in total. The van der Waals surface area contributed by atoms with Crippen LogP contribution < -0.4 is 15.4 Å². The van der Waals surface area contributed by atoms with Crippen LogP contribution in [0.3, 0.4) is 0 Å². The Hall–Kier alpha value is -2.61. The van der Waals surface area contributed by atoms with Crippen molar-refractivity contribution in [1.82, 2.24) is 4.90 Å². The van der Waals surface area contributed by atoms with Crippen molar-refractivity contribution in [2.45, 2.75) is 0 Å². The largest absolute Gasteiger partial charge is 0.490 e. The number of hydrogen-bond acceptors (Lipinski definition) is 4. The molecule has 0 amide bonds. The molecule has 4 nitrogen and oxygen atoms in total. The molecular formula is C22H20Cl2F3N3O. The molecule has 3 aromatic rings. The highest BCUT2D eigenvalue weighted by molar-refractivity contribution is 6.33. The molecule has 164 valence electrons. The predicted octanol–water partition coefficient (Wildman–Crippen LogP) is 6.84.